The predicted octanol–water partition coefficient (Wildman–Crippen LogP) is 4.07. The molecular formula is C19H22N4OS. The average Bonchev–Trinajstić information content (AvgIpc) is 2.98. The summed E-state index contributed by atoms with van der Waals surface area (Å²) in [5, 5.41) is 5.08. The molecule has 0 unspecified atom stereocenters. The molecular weight excluding hydrogens is 332 g/mol. The van der Waals surface area contributed by atoms with E-state index in [1.807, 2.05) is 37.3 Å². The van der Waals surface area contributed by atoms with Crippen LogP contribution in [0.15, 0.2) is 40.3 Å². The lowest BCUT2D eigenvalue weighted by Gasteiger charge is -2.20. The van der Waals surface area contributed by atoms with E-state index in [2.05, 4.69) is 10.1 Å². The van der Waals surface area contributed by atoms with Crippen molar-refractivity contribution in [3.05, 3.63) is 46.5 Å². The van der Waals surface area contributed by atoms with Crippen molar-refractivity contribution in [2.45, 2.75) is 44.2 Å². The van der Waals surface area contributed by atoms with Crippen molar-refractivity contribution >= 4 is 17.4 Å². The maximum atomic E-state index is 12.4. The van der Waals surface area contributed by atoms with Crippen LogP contribution >= 0.6 is 11.8 Å². The highest BCUT2D eigenvalue weighted by Crippen LogP contribution is 2.30. The fourth-order valence-corrected chi connectivity index (χ4v) is 4.63. The van der Waals surface area contributed by atoms with E-state index in [-0.39, 0.29) is 5.69 Å². The van der Waals surface area contributed by atoms with Gasteiger partial charge in [-0.1, -0.05) is 61.4 Å². The lowest BCUT2D eigenvalue weighted by molar-refractivity contribution is 0.390. The summed E-state index contributed by atoms with van der Waals surface area (Å²) in [4.78, 5) is 20.0. The molecule has 0 spiro atoms. The molecule has 2 heterocycles. The number of rotatable bonds is 4. The second-order valence-electron chi connectivity index (χ2n) is 6.72. The first-order chi connectivity index (χ1) is 12.2. The molecule has 1 N–H and O–H groups in total. The number of H-pyrrole nitrogens is 1. The van der Waals surface area contributed by atoms with Crippen LogP contribution in [0.5, 0.6) is 0 Å². The van der Waals surface area contributed by atoms with Gasteiger partial charge in [-0.25, -0.2) is 9.78 Å². The highest BCUT2D eigenvalue weighted by molar-refractivity contribution is 7.99. The van der Waals surface area contributed by atoms with Gasteiger partial charge >= 0.3 is 5.69 Å². The summed E-state index contributed by atoms with van der Waals surface area (Å²) in [7, 11) is 0. The number of aromatic amines is 1. The van der Waals surface area contributed by atoms with Gasteiger partial charge in [0, 0.05) is 11.3 Å². The van der Waals surface area contributed by atoms with Crippen molar-refractivity contribution in [1.29, 1.82) is 0 Å². The first kappa shape index (κ1) is 16.4. The molecule has 1 aliphatic carbocycles. The number of benzene rings is 1. The molecule has 0 aliphatic heterocycles. The Labute approximate surface area is 150 Å². The molecule has 1 aliphatic rings. The molecule has 0 saturated heterocycles. The Morgan fingerprint density at radius 2 is 1.96 bits per heavy atom. The standard InChI is InChI=1S/C19H22N4OS/c1-13-16(15-10-6-3-7-11-15)17-20-18(21-19(24)23(17)22-13)25-12-14-8-4-2-5-9-14/h3,6-7,10-11,14H,2,4-5,8-9,12H2,1H3,(H,20,21,24). The molecule has 130 valence electrons. The highest BCUT2D eigenvalue weighted by atomic mass is 32.2. The number of thioether (sulfide) groups is 1. The molecule has 1 fully saturated rings. The minimum absolute atomic E-state index is 0.221. The van der Waals surface area contributed by atoms with Gasteiger partial charge in [0.2, 0.25) is 0 Å². The Morgan fingerprint density at radius 1 is 1.20 bits per heavy atom. The van der Waals surface area contributed by atoms with Gasteiger partial charge in [0.05, 0.1) is 5.69 Å². The number of aryl methyl sites for hydroxylation is 1. The lowest BCUT2D eigenvalue weighted by atomic mass is 9.91. The Morgan fingerprint density at radius 3 is 2.72 bits per heavy atom. The summed E-state index contributed by atoms with van der Waals surface area (Å²) in [6.07, 6.45) is 6.60. The summed E-state index contributed by atoms with van der Waals surface area (Å²) >= 11 is 1.66. The van der Waals surface area contributed by atoms with Crippen molar-refractivity contribution in [3.8, 4) is 11.1 Å². The molecule has 1 aromatic carbocycles. The van der Waals surface area contributed by atoms with Crippen LogP contribution in [0.4, 0.5) is 0 Å². The summed E-state index contributed by atoms with van der Waals surface area (Å²) in [6.45, 7) is 1.92. The molecule has 5 nitrogen and oxygen atoms in total. The minimum atomic E-state index is -0.221. The Kier molecular flexibility index (Phi) is 4.61. The first-order valence-electron chi connectivity index (χ1n) is 8.90. The molecule has 2 aromatic heterocycles. The summed E-state index contributed by atoms with van der Waals surface area (Å²) in [5.74, 6) is 1.76. The van der Waals surface area contributed by atoms with Gasteiger partial charge in [0.15, 0.2) is 10.8 Å². The largest absolute Gasteiger partial charge is 0.350 e. The fourth-order valence-electron chi connectivity index (χ4n) is 3.59. The minimum Gasteiger partial charge on any atom is -0.285 e. The average molecular weight is 354 g/mol. The van der Waals surface area contributed by atoms with Gasteiger partial charge in [-0.15, -0.1) is 0 Å². The van der Waals surface area contributed by atoms with E-state index in [4.69, 9.17) is 4.98 Å². The van der Waals surface area contributed by atoms with Crippen LogP contribution in [-0.2, 0) is 0 Å². The van der Waals surface area contributed by atoms with Crippen molar-refractivity contribution in [1.82, 2.24) is 19.6 Å². The Bertz CT molecular complexity index is 926. The molecule has 0 amide bonds. The number of hydrogen-bond donors (Lipinski definition) is 1. The van der Waals surface area contributed by atoms with Crippen LogP contribution < -0.4 is 5.69 Å². The van der Waals surface area contributed by atoms with Crippen LogP contribution in [0.25, 0.3) is 16.8 Å². The number of aromatic nitrogens is 4. The smallest absolute Gasteiger partial charge is 0.285 e. The van der Waals surface area contributed by atoms with Gasteiger partial charge in [-0.05, 0) is 31.2 Å². The normalized spacial score (nSPS) is 15.7. The second kappa shape index (κ2) is 7.04. The zero-order chi connectivity index (χ0) is 17.2. The monoisotopic (exact) mass is 354 g/mol. The van der Waals surface area contributed by atoms with Crippen molar-refractivity contribution in [2.75, 3.05) is 5.75 Å². The van der Waals surface area contributed by atoms with E-state index in [9.17, 15) is 4.79 Å². The number of nitrogens with one attached hydrogen (secondary N) is 1. The van der Waals surface area contributed by atoms with Crippen molar-refractivity contribution in [2.24, 2.45) is 5.92 Å². The van der Waals surface area contributed by atoms with Crippen LogP contribution in [0.3, 0.4) is 0 Å². The maximum Gasteiger partial charge on any atom is 0.350 e. The van der Waals surface area contributed by atoms with Gasteiger partial charge in [-0.3, -0.25) is 4.98 Å². The predicted molar refractivity (Wildman–Crippen MR) is 101 cm³/mol. The van der Waals surface area contributed by atoms with E-state index >= 15 is 0 Å². The van der Waals surface area contributed by atoms with Crippen LogP contribution in [0.1, 0.15) is 37.8 Å². The Hall–Kier alpha value is -2.08. The molecule has 25 heavy (non-hydrogen) atoms. The molecule has 0 bridgehead atoms. The van der Waals surface area contributed by atoms with Crippen LogP contribution in [-0.4, -0.2) is 25.3 Å². The van der Waals surface area contributed by atoms with Gasteiger partial charge < -0.3 is 0 Å². The third-order valence-corrected chi connectivity index (χ3v) is 6.00. The van der Waals surface area contributed by atoms with Crippen LogP contribution in [0, 0.1) is 12.8 Å². The van der Waals surface area contributed by atoms with E-state index < -0.39 is 0 Å². The SMILES string of the molecule is Cc1nn2c(=O)[nH]c(SCC3CCCCC3)nc2c1-c1ccccc1. The van der Waals surface area contributed by atoms with Gasteiger partial charge in [-0.2, -0.15) is 9.61 Å². The van der Waals surface area contributed by atoms with Crippen molar-refractivity contribution < 1.29 is 0 Å². The van der Waals surface area contributed by atoms with E-state index in [1.165, 1.54) is 36.6 Å². The molecule has 3 aromatic rings. The summed E-state index contributed by atoms with van der Waals surface area (Å²) in [5.41, 5.74) is 3.21. The molecule has 0 radical (unpaired) electrons. The van der Waals surface area contributed by atoms with Crippen molar-refractivity contribution in [3.63, 3.8) is 0 Å². The zero-order valence-electron chi connectivity index (χ0n) is 14.4. The van der Waals surface area contributed by atoms with E-state index in [1.54, 1.807) is 11.8 Å². The lowest BCUT2D eigenvalue weighted by Crippen LogP contribution is -2.20. The molecule has 6 heteroatoms. The first-order valence-corrected chi connectivity index (χ1v) is 9.89. The van der Waals surface area contributed by atoms with Crippen LogP contribution in [0.2, 0.25) is 0 Å². The maximum absolute atomic E-state index is 12.4. The third-order valence-electron chi connectivity index (χ3n) is 4.89. The summed E-state index contributed by atoms with van der Waals surface area (Å²) in [6, 6.07) is 10.0. The zero-order valence-corrected chi connectivity index (χ0v) is 15.2. The highest BCUT2D eigenvalue weighted by Gasteiger charge is 2.18. The van der Waals surface area contributed by atoms with E-state index in [0.29, 0.717) is 10.8 Å². The number of hydrogen-bond acceptors (Lipinski definition) is 4. The fraction of sp³-hybridized carbons (Fsp3) is 0.421. The Balaban J connectivity index is 1.69. The quantitative estimate of drug-likeness (QED) is 0.718. The second-order valence-corrected chi connectivity index (χ2v) is 7.73. The number of fused-ring (bicyclic) bond motifs is 1. The number of nitrogens with zero attached hydrogens (tertiary/aromatic N) is 3. The third kappa shape index (κ3) is 3.35. The molecule has 0 atom stereocenters. The van der Waals surface area contributed by atoms with E-state index in [0.717, 1.165) is 28.5 Å². The summed E-state index contributed by atoms with van der Waals surface area (Å²) < 4.78 is 1.38. The van der Waals surface area contributed by atoms with Gasteiger partial charge in [0.1, 0.15) is 0 Å². The topological polar surface area (TPSA) is 63.1 Å². The molecule has 4 rings (SSSR count). The van der Waals surface area contributed by atoms with Gasteiger partial charge in [0.25, 0.3) is 0 Å². The molecule has 1 saturated carbocycles.